The maximum atomic E-state index is 12.3. The van der Waals surface area contributed by atoms with Crippen LogP contribution in [0.2, 0.25) is 0 Å². The molecule has 1 aliphatic carbocycles. The molecule has 110 valence electrons. The number of nitrogens with one attached hydrogen (secondary N) is 2. The summed E-state index contributed by atoms with van der Waals surface area (Å²) in [5.74, 6) is 1.31. The highest BCUT2D eigenvalue weighted by Crippen LogP contribution is 2.23. The maximum absolute atomic E-state index is 12.3. The Hall–Kier alpha value is -0.490. The number of hydroxylamine groups is 2. The van der Waals surface area contributed by atoms with Crippen molar-refractivity contribution in [1.29, 1.82) is 0 Å². The van der Waals surface area contributed by atoms with Crippen molar-refractivity contribution in [2.24, 2.45) is 11.8 Å². The Morgan fingerprint density at radius 1 is 1.21 bits per heavy atom. The third-order valence-corrected chi connectivity index (χ3v) is 4.94. The molecule has 0 spiro atoms. The Labute approximate surface area is 115 Å². The van der Waals surface area contributed by atoms with Crippen LogP contribution in [0.5, 0.6) is 0 Å². The van der Waals surface area contributed by atoms with E-state index in [1.54, 1.807) is 0 Å². The van der Waals surface area contributed by atoms with Crippen LogP contribution in [0.1, 0.15) is 45.4 Å². The van der Waals surface area contributed by atoms with Gasteiger partial charge in [-0.15, -0.1) is 0 Å². The van der Waals surface area contributed by atoms with Gasteiger partial charge in [0.15, 0.2) is 5.78 Å². The number of hydrogen-bond donors (Lipinski definition) is 3. The highest BCUT2D eigenvalue weighted by molar-refractivity contribution is 5.81. The monoisotopic (exact) mass is 271 g/mol. The number of carbonyl (C=O) groups is 1. The number of Topliss-reactive ketones (excluding diaryl/α,β-unsaturated/α-hetero) is 1. The second-order valence-corrected chi connectivity index (χ2v) is 6.46. The van der Waals surface area contributed by atoms with Crippen LogP contribution in [0.25, 0.3) is 0 Å². The SMILES string of the molecule is CC1CC[NH+](CC(=O)C2CCC([NH+]([O-])O)CC2)CC1. The molecule has 0 bridgehead atoms. The third-order valence-electron chi connectivity index (χ3n) is 4.94. The predicted molar refractivity (Wildman–Crippen MR) is 70.8 cm³/mol. The molecular formula is C14H27N2O3+. The third kappa shape index (κ3) is 4.24. The van der Waals surface area contributed by atoms with Crippen molar-refractivity contribution in [2.45, 2.75) is 51.5 Å². The van der Waals surface area contributed by atoms with Crippen LogP contribution >= 0.6 is 0 Å². The highest BCUT2D eigenvalue weighted by atomic mass is 16.8. The van der Waals surface area contributed by atoms with Crippen molar-refractivity contribution in [2.75, 3.05) is 19.6 Å². The molecule has 0 radical (unpaired) electrons. The van der Waals surface area contributed by atoms with Gasteiger partial charge in [0, 0.05) is 18.8 Å². The Balaban J connectivity index is 1.72. The fourth-order valence-corrected chi connectivity index (χ4v) is 3.40. The van der Waals surface area contributed by atoms with Gasteiger partial charge in [-0.1, -0.05) is 6.92 Å². The van der Waals surface area contributed by atoms with Crippen molar-refractivity contribution in [3.63, 3.8) is 0 Å². The fraction of sp³-hybridized carbons (Fsp3) is 0.929. The number of ketones is 1. The average molecular weight is 271 g/mol. The van der Waals surface area contributed by atoms with Gasteiger partial charge >= 0.3 is 0 Å². The van der Waals surface area contributed by atoms with Crippen molar-refractivity contribution in [1.82, 2.24) is 0 Å². The molecule has 0 amide bonds. The molecule has 2 fully saturated rings. The van der Waals surface area contributed by atoms with Crippen molar-refractivity contribution >= 4 is 5.78 Å². The first-order chi connectivity index (χ1) is 9.06. The van der Waals surface area contributed by atoms with E-state index < -0.39 is 5.23 Å². The summed E-state index contributed by atoms with van der Waals surface area (Å²) in [5.41, 5.74) is 0. The molecule has 5 heteroatoms. The minimum atomic E-state index is -0.693. The molecule has 1 saturated heterocycles. The number of rotatable bonds is 4. The molecule has 1 heterocycles. The molecule has 3 N–H and O–H groups in total. The van der Waals surface area contributed by atoms with Gasteiger partial charge in [-0.3, -0.25) is 4.79 Å². The van der Waals surface area contributed by atoms with Gasteiger partial charge in [-0.25, -0.2) is 10.4 Å². The summed E-state index contributed by atoms with van der Waals surface area (Å²) in [6.07, 6.45) is 5.37. The fourth-order valence-electron chi connectivity index (χ4n) is 3.40. The van der Waals surface area contributed by atoms with Crippen LogP contribution in [-0.2, 0) is 4.79 Å². The van der Waals surface area contributed by atoms with Crippen LogP contribution in [0, 0.1) is 17.0 Å². The number of quaternary nitrogens is 2. The topological polar surface area (TPSA) is 69.2 Å². The molecule has 1 aliphatic heterocycles. The van der Waals surface area contributed by atoms with Gasteiger partial charge in [0.1, 0.15) is 12.6 Å². The summed E-state index contributed by atoms with van der Waals surface area (Å²) in [5, 5.41) is 19.2. The number of carbonyl (C=O) groups excluding carboxylic acids is 1. The Bertz CT molecular complexity index is 293. The van der Waals surface area contributed by atoms with Crippen LogP contribution in [0.15, 0.2) is 0 Å². The summed E-state index contributed by atoms with van der Waals surface area (Å²) in [4.78, 5) is 13.7. The van der Waals surface area contributed by atoms with E-state index in [1.165, 1.54) is 17.7 Å². The zero-order valence-corrected chi connectivity index (χ0v) is 11.9. The largest absolute Gasteiger partial charge is 0.600 e. The summed E-state index contributed by atoms with van der Waals surface area (Å²) < 4.78 is 0. The normalized spacial score (nSPS) is 37.8. The summed E-state index contributed by atoms with van der Waals surface area (Å²) in [6, 6.07) is -0.216. The Kier molecular flexibility index (Phi) is 5.33. The highest BCUT2D eigenvalue weighted by Gasteiger charge is 2.31. The van der Waals surface area contributed by atoms with Gasteiger partial charge in [-0.2, -0.15) is 0 Å². The minimum Gasteiger partial charge on any atom is -0.600 e. The second-order valence-electron chi connectivity index (χ2n) is 6.46. The standard InChI is InChI=1S/C14H26N2O3/c1-11-6-8-15(9-7-11)10-14(17)12-2-4-13(5-3-12)16(18)19/h11-13,16,18H,2-10H2,1H3/p+1. The smallest absolute Gasteiger partial charge is 0.189 e. The van der Waals surface area contributed by atoms with Crippen molar-refractivity contribution < 1.29 is 20.1 Å². The molecule has 19 heavy (non-hydrogen) atoms. The molecule has 2 aliphatic rings. The quantitative estimate of drug-likeness (QED) is 0.587. The summed E-state index contributed by atoms with van der Waals surface area (Å²) in [7, 11) is 0. The molecule has 0 aromatic carbocycles. The summed E-state index contributed by atoms with van der Waals surface area (Å²) in [6.45, 7) is 5.19. The van der Waals surface area contributed by atoms with Crippen LogP contribution < -0.4 is 10.1 Å². The number of likely N-dealkylation sites (tertiary alicyclic amines) is 1. The lowest BCUT2D eigenvalue weighted by Gasteiger charge is -2.32. The lowest BCUT2D eigenvalue weighted by molar-refractivity contribution is -1.07. The van der Waals surface area contributed by atoms with Crippen molar-refractivity contribution in [3.8, 4) is 0 Å². The molecular weight excluding hydrogens is 244 g/mol. The molecule has 0 aromatic rings. The molecule has 1 atom stereocenters. The van der Waals surface area contributed by atoms with Gasteiger partial charge in [0.25, 0.3) is 0 Å². The second kappa shape index (κ2) is 6.79. The first-order valence-corrected chi connectivity index (χ1v) is 7.65. The molecule has 2 rings (SSSR count). The molecule has 1 unspecified atom stereocenters. The molecule has 1 saturated carbocycles. The first-order valence-electron chi connectivity index (χ1n) is 7.65. The number of hydrogen-bond acceptors (Lipinski definition) is 3. The van der Waals surface area contributed by atoms with Gasteiger partial charge in [0.05, 0.1) is 13.1 Å². The van der Waals surface area contributed by atoms with E-state index in [1.807, 2.05) is 0 Å². The van der Waals surface area contributed by atoms with E-state index in [9.17, 15) is 10.0 Å². The number of piperidine rings is 1. The zero-order valence-electron chi connectivity index (χ0n) is 11.9. The Morgan fingerprint density at radius 2 is 1.79 bits per heavy atom. The molecule has 0 aromatic heterocycles. The lowest BCUT2D eigenvalue weighted by Crippen LogP contribution is -3.14. The van der Waals surface area contributed by atoms with Crippen molar-refractivity contribution in [3.05, 3.63) is 5.21 Å². The van der Waals surface area contributed by atoms with Gasteiger partial charge in [0.2, 0.25) is 0 Å². The van der Waals surface area contributed by atoms with Crippen LogP contribution in [-0.4, -0.2) is 36.7 Å². The first kappa shape index (κ1) is 14.9. The molecule has 5 nitrogen and oxygen atoms in total. The van der Waals surface area contributed by atoms with Gasteiger partial charge < -0.3 is 10.1 Å². The lowest BCUT2D eigenvalue weighted by atomic mass is 9.83. The Morgan fingerprint density at radius 3 is 2.32 bits per heavy atom. The van der Waals surface area contributed by atoms with E-state index in [0.29, 0.717) is 25.2 Å². The zero-order chi connectivity index (χ0) is 13.8. The van der Waals surface area contributed by atoms with Gasteiger partial charge in [-0.05, 0) is 31.6 Å². The van der Waals surface area contributed by atoms with E-state index >= 15 is 0 Å². The summed E-state index contributed by atoms with van der Waals surface area (Å²) >= 11 is 0. The average Bonchev–Trinajstić information content (AvgIpc) is 2.41. The van der Waals surface area contributed by atoms with E-state index in [4.69, 9.17) is 5.21 Å². The predicted octanol–water partition coefficient (Wildman–Crippen LogP) is -0.799. The van der Waals surface area contributed by atoms with E-state index in [2.05, 4.69) is 6.92 Å². The van der Waals surface area contributed by atoms with E-state index in [0.717, 1.165) is 31.8 Å². The van der Waals surface area contributed by atoms with Crippen LogP contribution in [0.4, 0.5) is 0 Å². The van der Waals surface area contributed by atoms with E-state index in [-0.39, 0.29) is 12.0 Å². The maximum Gasteiger partial charge on any atom is 0.189 e. The van der Waals surface area contributed by atoms with Crippen LogP contribution in [0.3, 0.4) is 0 Å². The minimum absolute atomic E-state index is 0.127.